The Balaban J connectivity index is 1.89. The van der Waals surface area contributed by atoms with Gasteiger partial charge in [-0.05, 0) is 18.3 Å². The molecule has 1 fully saturated rings. The third kappa shape index (κ3) is 1.97. The Morgan fingerprint density at radius 1 is 1.57 bits per heavy atom. The van der Waals surface area contributed by atoms with E-state index in [1.807, 2.05) is 4.68 Å². The van der Waals surface area contributed by atoms with Crippen LogP contribution >= 0.6 is 0 Å². The average Bonchev–Trinajstić information content (AvgIpc) is 2.48. The number of rotatable bonds is 4. The number of aryl methyl sites for hydroxylation is 1. The Bertz CT molecular complexity index is 288. The Labute approximate surface area is 85.5 Å². The van der Waals surface area contributed by atoms with E-state index in [2.05, 4.69) is 30.4 Å². The summed E-state index contributed by atoms with van der Waals surface area (Å²) in [5.74, 6) is 1.69. The molecule has 1 saturated carbocycles. The van der Waals surface area contributed by atoms with E-state index >= 15 is 0 Å². The third-order valence-electron chi connectivity index (χ3n) is 3.38. The van der Waals surface area contributed by atoms with Crippen molar-refractivity contribution in [3.05, 3.63) is 11.9 Å². The van der Waals surface area contributed by atoms with Gasteiger partial charge in [-0.25, -0.2) is 0 Å². The zero-order valence-electron chi connectivity index (χ0n) is 9.11. The topological polar surface area (TPSA) is 30.7 Å². The molecule has 2 rings (SSSR count). The van der Waals surface area contributed by atoms with Crippen molar-refractivity contribution in [1.82, 2.24) is 15.0 Å². The van der Waals surface area contributed by atoms with Crippen molar-refractivity contribution in [2.75, 3.05) is 0 Å². The highest BCUT2D eigenvalue weighted by Crippen LogP contribution is 2.33. The fourth-order valence-electron chi connectivity index (χ4n) is 2.04. The summed E-state index contributed by atoms with van der Waals surface area (Å²) in [4.78, 5) is 0. The van der Waals surface area contributed by atoms with Crippen LogP contribution in [0, 0.1) is 11.8 Å². The second-order valence-corrected chi connectivity index (χ2v) is 4.45. The van der Waals surface area contributed by atoms with Crippen molar-refractivity contribution >= 4 is 0 Å². The van der Waals surface area contributed by atoms with Crippen molar-refractivity contribution < 1.29 is 0 Å². The van der Waals surface area contributed by atoms with Crippen LogP contribution < -0.4 is 0 Å². The Morgan fingerprint density at radius 3 is 2.86 bits per heavy atom. The van der Waals surface area contributed by atoms with Crippen LogP contribution in [0.5, 0.6) is 0 Å². The van der Waals surface area contributed by atoms with Gasteiger partial charge in [0.2, 0.25) is 0 Å². The summed E-state index contributed by atoms with van der Waals surface area (Å²) in [5.41, 5.74) is 1.10. The van der Waals surface area contributed by atoms with Gasteiger partial charge in [-0.1, -0.05) is 38.3 Å². The van der Waals surface area contributed by atoms with Crippen molar-refractivity contribution in [1.29, 1.82) is 0 Å². The normalized spacial score (nSPS) is 19.3. The summed E-state index contributed by atoms with van der Waals surface area (Å²) in [5, 5.41) is 8.24. The minimum absolute atomic E-state index is 0.759. The zero-order valence-corrected chi connectivity index (χ0v) is 9.11. The van der Waals surface area contributed by atoms with Gasteiger partial charge < -0.3 is 0 Å². The van der Waals surface area contributed by atoms with Gasteiger partial charge >= 0.3 is 0 Å². The SMILES string of the molecule is CCc1cn(CC(C)C2CCC2)nn1. The minimum Gasteiger partial charge on any atom is -0.252 e. The maximum absolute atomic E-state index is 4.13. The van der Waals surface area contributed by atoms with Gasteiger partial charge in [0.1, 0.15) is 0 Å². The molecule has 3 nitrogen and oxygen atoms in total. The molecular formula is C11H19N3. The van der Waals surface area contributed by atoms with Crippen molar-refractivity contribution in [2.45, 2.75) is 46.1 Å². The first kappa shape index (κ1) is 9.69. The van der Waals surface area contributed by atoms with Crippen molar-refractivity contribution in [3.63, 3.8) is 0 Å². The monoisotopic (exact) mass is 193 g/mol. The molecule has 1 aromatic rings. The predicted molar refractivity (Wildman–Crippen MR) is 55.9 cm³/mol. The highest BCUT2D eigenvalue weighted by atomic mass is 15.4. The van der Waals surface area contributed by atoms with E-state index in [-0.39, 0.29) is 0 Å². The van der Waals surface area contributed by atoms with Crippen LogP contribution in [0.2, 0.25) is 0 Å². The van der Waals surface area contributed by atoms with Crippen molar-refractivity contribution in [2.24, 2.45) is 11.8 Å². The van der Waals surface area contributed by atoms with Gasteiger partial charge in [-0.2, -0.15) is 0 Å². The lowest BCUT2D eigenvalue weighted by molar-refractivity contribution is 0.195. The predicted octanol–water partition coefficient (Wildman–Crippen LogP) is 2.28. The molecule has 78 valence electrons. The first-order valence-corrected chi connectivity index (χ1v) is 5.68. The standard InChI is InChI=1S/C11H19N3/c1-3-11-8-14(13-12-11)7-9(2)10-5-4-6-10/h8-10H,3-7H2,1-2H3. The Morgan fingerprint density at radius 2 is 2.36 bits per heavy atom. The van der Waals surface area contributed by atoms with Crippen molar-refractivity contribution in [3.8, 4) is 0 Å². The summed E-state index contributed by atoms with van der Waals surface area (Å²) in [6.45, 7) is 5.48. The molecule has 0 bridgehead atoms. The molecule has 0 N–H and O–H groups in total. The largest absolute Gasteiger partial charge is 0.252 e. The van der Waals surface area contributed by atoms with Crippen LogP contribution in [-0.4, -0.2) is 15.0 Å². The van der Waals surface area contributed by atoms with E-state index < -0.39 is 0 Å². The Hall–Kier alpha value is -0.860. The molecule has 0 spiro atoms. The molecule has 1 unspecified atom stereocenters. The highest BCUT2D eigenvalue weighted by Gasteiger charge is 2.24. The maximum atomic E-state index is 4.13. The van der Waals surface area contributed by atoms with E-state index in [1.165, 1.54) is 19.3 Å². The van der Waals surface area contributed by atoms with Crippen LogP contribution in [0.1, 0.15) is 38.8 Å². The fourth-order valence-corrected chi connectivity index (χ4v) is 2.04. The van der Waals surface area contributed by atoms with Crippen LogP contribution in [-0.2, 0) is 13.0 Å². The Kier molecular flexibility index (Phi) is 2.85. The van der Waals surface area contributed by atoms with Gasteiger partial charge in [-0.15, -0.1) is 5.10 Å². The van der Waals surface area contributed by atoms with E-state index in [9.17, 15) is 0 Å². The molecule has 1 aliphatic rings. The zero-order chi connectivity index (χ0) is 9.97. The van der Waals surface area contributed by atoms with Gasteiger partial charge in [0.05, 0.1) is 5.69 Å². The molecule has 1 aromatic heterocycles. The molecule has 0 aromatic carbocycles. The quantitative estimate of drug-likeness (QED) is 0.734. The molecule has 1 aliphatic carbocycles. The maximum Gasteiger partial charge on any atom is 0.0824 e. The lowest BCUT2D eigenvalue weighted by atomic mass is 9.77. The van der Waals surface area contributed by atoms with E-state index in [1.54, 1.807) is 0 Å². The molecule has 0 aliphatic heterocycles. The molecule has 3 heteroatoms. The summed E-state index contributed by atoms with van der Waals surface area (Å²) >= 11 is 0. The lowest BCUT2D eigenvalue weighted by Crippen LogP contribution is -2.23. The second-order valence-electron chi connectivity index (χ2n) is 4.45. The van der Waals surface area contributed by atoms with Gasteiger partial charge in [0.25, 0.3) is 0 Å². The van der Waals surface area contributed by atoms with Crippen LogP contribution in [0.3, 0.4) is 0 Å². The van der Waals surface area contributed by atoms with Gasteiger partial charge in [0.15, 0.2) is 0 Å². The van der Waals surface area contributed by atoms with Gasteiger partial charge in [0, 0.05) is 12.7 Å². The lowest BCUT2D eigenvalue weighted by Gasteiger charge is -2.31. The molecule has 14 heavy (non-hydrogen) atoms. The molecule has 0 amide bonds. The van der Waals surface area contributed by atoms with Crippen LogP contribution in [0.15, 0.2) is 6.20 Å². The third-order valence-corrected chi connectivity index (χ3v) is 3.38. The minimum atomic E-state index is 0.759. The summed E-state index contributed by atoms with van der Waals surface area (Å²) < 4.78 is 2.00. The molecular weight excluding hydrogens is 174 g/mol. The average molecular weight is 193 g/mol. The smallest absolute Gasteiger partial charge is 0.0824 e. The highest BCUT2D eigenvalue weighted by molar-refractivity contribution is 4.91. The first-order chi connectivity index (χ1) is 6.79. The van der Waals surface area contributed by atoms with E-state index in [0.717, 1.165) is 30.5 Å². The first-order valence-electron chi connectivity index (χ1n) is 5.68. The molecule has 0 radical (unpaired) electrons. The van der Waals surface area contributed by atoms with Gasteiger partial charge in [-0.3, -0.25) is 4.68 Å². The molecule has 0 saturated heterocycles. The number of hydrogen-bond acceptors (Lipinski definition) is 2. The van der Waals surface area contributed by atoms with E-state index in [4.69, 9.17) is 0 Å². The van der Waals surface area contributed by atoms with Crippen LogP contribution in [0.25, 0.3) is 0 Å². The summed E-state index contributed by atoms with van der Waals surface area (Å²) in [7, 11) is 0. The van der Waals surface area contributed by atoms with E-state index in [0.29, 0.717) is 0 Å². The second kappa shape index (κ2) is 4.11. The molecule has 1 heterocycles. The summed E-state index contributed by atoms with van der Waals surface area (Å²) in [6.07, 6.45) is 7.31. The molecule has 1 atom stereocenters. The number of hydrogen-bond donors (Lipinski definition) is 0. The number of aromatic nitrogens is 3. The van der Waals surface area contributed by atoms with Crippen LogP contribution in [0.4, 0.5) is 0 Å². The number of nitrogens with zero attached hydrogens (tertiary/aromatic N) is 3. The fraction of sp³-hybridized carbons (Fsp3) is 0.818. The summed E-state index contributed by atoms with van der Waals surface area (Å²) in [6, 6.07) is 0.